The van der Waals surface area contributed by atoms with Crippen LogP contribution in [0.2, 0.25) is 16.6 Å². The smallest absolute Gasteiger partial charge is 0.321 e. The number of nitrogens with one attached hydrogen (secondary N) is 1. The molecule has 0 radical (unpaired) electrons. The van der Waals surface area contributed by atoms with Gasteiger partial charge in [-0.1, -0.05) is 41.5 Å². The molecule has 10 heteroatoms. The molecule has 0 aliphatic heterocycles. The molecule has 1 fully saturated rings. The molecule has 0 saturated heterocycles. The van der Waals surface area contributed by atoms with E-state index in [4.69, 9.17) is 0 Å². The summed E-state index contributed by atoms with van der Waals surface area (Å²) >= 11 is 0. The van der Waals surface area contributed by atoms with Crippen molar-refractivity contribution in [2.45, 2.75) is 70.8 Å². The quantitative estimate of drug-likeness (QED) is 0.207. The second-order valence-corrected chi connectivity index (χ2v) is 14.7. The SMILES string of the molecule is CC(C)[Si](C#C[C@H]1C[C@H]1C(=O)Nc1c(F)c(F)c(C(F)(F)F)c(F)c1F)(C(C)C)C(C)C. The van der Waals surface area contributed by atoms with Gasteiger partial charge in [-0.2, -0.15) is 13.2 Å². The Kier molecular flexibility index (Phi) is 7.44. The van der Waals surface area contributed by atoms with Crippen LogP contribution in [0, 0.1) is 46.6 Å². The lowest BCUT2D eigenvalue weighted by atomic mass is 10.1. The Morgan fingerprint density at radius 1 is 0.906 bits per heavy atom. The van der Waals surface area contributed by atoms with Gasteiger partial charge in [-0.3, -0.25) is 4.79 Å². The Morgan fingerprint density at radius 3 is 1.72 bits per heavy atom. The van der Waals surface area contributed by atoms with Gasteiger partial charge in [0.1, 0.15) is 19.3 Å². The number of anilines is 1. The van der Waals surface area contributed by atoms with Crippen LogP contribution in [0.25, 0.3) is 0 Å². The molecule has 32 heavy (non-hydrogen) atoms. The topological polar surface area (TPSA) is 29.1 Å². The minimum atomic E-state index is -5.64. The first kappa shape index (κ1) is 26.2. The van der Waals surface area contributed by atoms with E-state index in [0.29, 0.717) is 16.6 Å². The largest absolute Gasteiger partial charge is 0.422 e. The fourth-order valence-electron chi connectivity index (χ4n) is 4.50. The summed E-state index contributed by atoms with van der Waals surface area (Å²) < 4.78 is 93.6. The number of halogens is 7. The average Bonchev–Trinajstić information content (AvgIpc) is 3.42. The number of alkyl halides is 3. The third kappa shape index (κ3) is 4.68. The van der Waals surface area contributed by atoms with Crippen LogP contribution in [0.5, 0.6) is 0 Å². The Hall–Kier alpha value is -2.02. The van der Waals surface area contributed by atoms with Crippen LogP contribution in [-0.2, 0) is 11.0 Å². The van der Waals surface area contributed by atoms with Crippen molar-refractivity contribution in [1.82, 2.24) is 0 Å². The highest BCUT2D eigenvalue weighted by Gasteiger charge is 2.46. The summed E-state index contributed by atoms with van der Waals surface area (Å²) in [4.78, 5) is 12.4. The van der Waals surface area contributed by atoms with E-state index in [-0.39, 0.29) is 6.42 Å². The van der Waals surface area contributed by atoms with Crippen molar-refractivity contribution in [3.63, 3.8) is 0 Å². The highest BCUT2D eigenvalue weighted by molar-refractivity contribution is 6.90. The standard InChI is InChI=1S/C22H26F7NOSi/c1-10(2)32(11(3)4,12(5)6)8-7-13-9-14(13)21(31)30-20-18(25)16(23)15(22(27,28)29)17(24)19(20)26/h10-14H,9H2,1-6H3,(H,30,31)/t13-,14+/m0/s1. The minimum Gasteiger partial charge on any atom is -0.321 e. The number of benzene rings is 1. The van der Waals surface area contributed by atoms with Crippen molar-refractivity contribution in [3.05, 3.63) is 28.8 Å². The normalized spacial score (nSPS) is 18.8. The van der Waals surface area contributed by atoms with E-state index in [2.05, 4.69) is 53.0 Å². The molecule has 1 N–H and O–H groups in total. The zero-order valence-corrected chi connectivity index (χ0v) is 19.6. The van der Waals surface area contributed by atoms with Crippen LogP contribution in [0.1, 0.15) is 53.5 Å². The number of carbonyl (C=O) groups excluding carboxylic acids is 1. The molecular weight excluding hydrogens is 455 g/mol. The van der Waals surface area contributed by atoms with Crippen LogP contribution in [0.3, 0.4) is 0 Å². The molecule has 1 saturated carbocycles. The third-order valence-electron chi connectivity index (χ3n) is 6.26. The predicted molar refractivity (Wildman–Crippen MR) is 110 cm³/mol. The summed E-state index contributed by atoms with van der Waals surface area (Å²) in [6, 6.07) is 0. The lowest BCUT2D eigenvalue weighted by Gasteiger charge is -2.38. The molecule has 1 aromatic rings. The van der Waals surface area contributed by atoms with E-state index in [1.165, 1.54) is 0 Å². The van der Waals surface area contributed by atoms with Crippen LogP contribution in [-0.4, -0.2) is 14.0 Å². The van der Waals surface area contributed by atoms with E-state index in [0.717, 1.165) is 0 Å². The summed E-state index contributed by atoms with van der Waals surface area (Å²) in [6.45, 7) is 12.7. The van der Waals surface area contributed by atoms with Crippen molar-refractivity contribution in [3.8, 4) is 11.5 Å². The van der Waals surface area contributed by atoms with Gasteiger partial charge in [0, 0.05) is 5.92 Å². The summed E-state index contributed by atoms with van der Waals surface area (Å²) in [7, 11) is -2.06. The predicted octanol–water partition coefficient (Wildman–Crippen LogP) is 7.06. The Labute approximate surface area is 184 Å². The highest BCUT2D eigenvalue weighted by atomic mass is 28.3. The van der Waals surface area contributed by atoms with E-state index >= 15 is 0 Å². The van der Waals surface area contributed by atoms with E-state index in [1.807, 2.05) is 0 Å². The van der Waals surface area contributed by atoms with Crippen molar-refractivity contribution >= 4 is 19.7 Å². The lowest BCUT2D eigenvalue weighted by molar-refractivity contribution is -0.143. The summed E-state index contributed by atoms with van der Waals surface area (Å²) in [6.07, 6.45) is -5.36. The zero-order chi connectivity index (χ0) is 24.8. The van der Waals surface area contributed by atoms with Crippen molar-refractivity contribution in [2.24, 2.45) is 11.8 Å². The average molecular weight is 482 g/mol. The molecule has 2 atom stereocenters. The molecule has 1 aliphatic rings. The third-order valence-corrected chi connectivity index (χ3v) is 12.6. The molecule has 0 heterocycles. The van der Waals surface area contributed by atoms with Gasteiger partial charge in [0.2, 0.25) is 5.91 Å². The van der Waals surface area contributed by atoms with E-state index in [9.17, 15) is 35.5 Å². The van der Waals surface area contributed by atoms with Gasteiger partial charge in [-0.15, -0.1) is 11.5 Å². The van der Waals surface area contributed by atoms with Gasteiger partial charge in [-0.05, 0) is 23.0 Å². The van der Waals surface area contributed by atoms with Gasteiger partial charge in [0.05, 0.1) is 5.92 Å². The van der Waals surface area contributed by atoms with Crippen LogP contribution in [0.4, 0.5) is 36.4 Å². The van der Waals surface area contributed by atoms with Crippen molar-refractivity contribution in [2.75, 3.05) is 5.32 Å². The number of carbonyl (C=O) groups is 1. The molecule has 0 unspecified atom stereocenters. The van der Waals surface area contributed by atoms with Crippen LogP contribution in [0.15, 0.2) is 0 Å². The summed E-state index contributed by atoms with van der Waals surface area (Å²) in [5.74, 6) is -8.85. The van der Waals surface area contributed by atoms with E-state index < -0.39 is 66.5 Å². The molecule has 0 aromatic heterocycles. The Morgan fingerprint density at radius 2 is 1.34 bits per heavy atom. The summed E-state index contributed by atoms with van der Waals surface area (Å²) in [5.41, 5.74) is 0.212. The molecule has 2 nitrogen and oxygen atoms in total. The van der Waals surface area contributed by atoms with Gasteiger partial charge in [0.25, 0.3) is 0 Å². The molecule has 1 aromatic carbocycles. The number of rotatable bonds is 5. The van der Waals surface area contributed by atoms with Gasteiger partial charge >= 0.3 is 6.18 Å². The van der Waals surface area contributed by atoms with Crippen LogP contribution >= 0.6 is 0 Å². The first-order chi connectivity index (χ1) is 14.6. The number of hydrogen-bond donors (Lipinski definition) is 1. The molecule has 2 rings (SSSR count). The fraction of sp³-hybridized carbons (Fsp3) is 0.591. The first-order valence-corrected chi connectivity index (χ1v) is 12.6. The minimum absolute atomic E-state index is 0.284. The molecule has 1 amide bonds. The molecular formula is C22H26F7NOSi. The lowest BCUT2D eigenvalue weighted by Crippen LogP contribution is -2.43. The monoisotopic (exact) mass is 481 g/mol. The molecule has 0 bridgehead atoms. The maximum atomic E-state index is 14.0. The highest BCUT2D eigenvalue weighted by Crippen LogP contribution is 2.44. The second kappa shape index (κ2) is 9.08. The van der Waals surface area contributed by atoms with Crippen LogP contribution < -0.4 is 5.32 Å². The zero-order valence-electron chi connectivity index (χ0n) is 18.6. The second-order valence-electron chi connectivity index (χ2n) is 9.11. The number of amides is 1. The van der Waals surface area contributed by atoms with Gasteiger partial charge in [0.15, 0.2) is 23.3 Å². The molecule has 0 spiro atoms. The van der Waals surface area contributed by atoms with E-state index in [1.54, 1.807) is 5.32 Å². The maximum absolute atomic E-state index is 14.0. The van der Waals surface area contributed by atoms with Gasteiger partial charge in [-0.25, -0.2) is 17.6 Å². The van der Waals surface area contributed by atoms with Crippen molar-refractivity contribution in [1.29, 1.82) is 0 Å². The maximum Gasteiger partial charge on any atom is 0.422 e. The molecule has 1 aliphatic carbocycles. The fourth-order valence-corrected chi connectivity index (χ4v) is 9.80. The first-order valence-electron chi connectivity index (χ1n) is 10.3. The number of hydrogen-bond acceptors (Lipinski definition) is 1. The Balaban J connectivity index is 2.27. The molecule has 178 valence electrons. The Bertz CT molecular complexity index is 909. The summed E-state index contributed by atoms with van der Waals surface area (Å²) in [5, 5.41) is 1.70. The van der Waals surface area contributed by atoms with Crippen molar-refractivity contribution < 1.29 is 35.5 Å². The van der Waals surface area contributed by atoms with Gasteiger partial charge < -0.3 is 5.32 Å².